The average molecular weight is 322 g/mol. The molecule has 0 bridgehead atoms. The zero-order valence-corrected chi connectivity index (χ0v) is 14.9. The van der Waals surface area contributed by atoms with Crippen molar-refractivity contribution in [2.75, 3.05) is 31.1 Å². The van der Waals surface area contributed by atoms with Gasteiger partial charge in [-0.15, -0.1) is 0 Å². The van der Waals surface area contributed by atoms with E-state index in [-0.39, 0.29) is 5.91 Å². The Morgan fingerprint density at radius 3 is 2.38 bits per heavy atom. The smallest absolute Gasteiger partial charge is 0.253 e. The molecule has 24 heavy (non-hydrogen) atoms. The molecular formula is C21H26N2O. The van der Waals surface area contributed by atoms with Gasteiger partial charge in [-0.25, -0.2) is 0 Å². The van der Waals surface area contributed by atoms with Gasteiger partial charge in [-0.05, 0) is 43.5 Å². The van der Waals surface area contributed by atoms with Crippen LogP contribution in [0.4, 0.5) is 5.69 Å². The van der Waals surface area contributed by atoms with Crippen LogP contribution in [-0.2, 0) is 6.42 Å². The number of nitrogens with zero attached hydrogens (tertiary/aromatic N) is 2. The molecule has 3 rings (SSSR count). The fourth-order valence-corrected chi connectivity index (χ4v) is 3.55. The van der Waals surface area contributed by atoms with Crippen LogP contribution in [0, 0.1) is 13.8 Å². The van der Waals surface area contributed by atoms with Gasteiger partial charge in [-0.3, -0.25) is 4.79 Å². The van der Waals surface area contributed by atoms with E-state index in [0.717, 1.165) is 43.7 Å². The second-order valence-corrected chi connectivity index (χ2v) is 6.58. The fraction of sp³-hybridized carbons (Fsp3) is 0.381. The van der Waals surface area contributed by atoms with Crippen molar-refractivity contribution >= 4 is 11.6 Å². The van der Waals surface area contributed by atoms with E-state index in [1.807, 2.05) is 36.1 Å². The molecule has 0 unspecified atom stereocenters. The van der Waals surface area contributed by atoms with E-state index in [0.29, 0.717) is 0 Å². The summed E-state index contributed by atoms with van der Waals surface area (Å²) in [7, 11) is 0. The second kappa shape index (κ2) is 7.08. The summed E-state index contributed by atoms with van der Waals surface area (Å²) in [5.41, 5.74) is 6.02. The van der Waals surface area contributed by atoms with Crippen LogP contribution in [0.1, 0.15) is 34.0 Å². The number of carbonyl (C=O) groups is 1. The first-order valence-electron chi connectivity index (χ1n) is 8.79. The summed E-state index contributed by atoms with van der Waals surface area (Å²) in [5.74, 6) is 0.152. The molecule has 0 N–H and O–H groups in total. The highest BCUT2D eigenvalue weighted by atomic mass is 16.2. The third kappa shape index (κ3) is 3.30. The molecule has 0 saturated carbocycles. The van der Waals surface area contributed by atoms with Crippen molar-refractivity contribution in [2.45, 2.75) is 27.2 Å². The Bertz CT molecular complexity index is 730. The van der Waals surface area contributed by atoms with Crippen LogP contribution in [0.2, 0.25) is 0 Å². The van der Waals surface area contributed by atoms with Crippen molar-refractivity contribution < 1.29 is 4.79 Å². The molecule has 0 atom stereocenters. The Balaban J connectivity index is 1.71. The minimum Gasteiger partial charge on any atom is -0.368 e. The minimum atomic E-state index is 0.152. The third-order valence-corrected chi connectivity index (χ3v) is 4.85. The highest BCUT2D eigenvalue weighted by molar-refractivity contribution is 5.94. The minimum absolute atomic E-state index is 0.152. The maximum absolute atomic E-state index is 12.7. The van der Waals surface area contributed by atoms with Crippen LogP contribution in [0.15, 0.2) is 42.5 Å². The number of amides is 1. The van der Waals surface area contributed by atoms with Gasteiger partial charge in [0.15, 0.2) is 0 Å². The molecular weight excluding hydrogens is 296 g/mol. The molecule has 0 aromatic heterocycles. The lowest BCUT2D eigenvalue weighted by atomic mass is 10.0. The van der Waals surface area contributed by atoms with Gasteiger partial charge < -0.3 is 9.80 Å². The zero-order valence-electron chi connectivity index (χ0n) is 14.9. The van der Waals surface area contributed by atoms with Crippen molar-refractivity contribution in [3.8, 4) is 0 Å². The number of anilines is 1. The molecule has 0 aliphatic carbocycles. The molecule has 2 aromatic carbocycles. The van der Waals surface area contributed by atoms with E-state index in [1.54, 1.807) is 0 Å². The molecule has 3 heteroatoms. The molecule has 126 valence electrons. The van der Waals surface area contributed by atoms with Gasteiger partial charge in [-0.2, -0.15) is 0 Å². The van der Waals surface area contributed by atoms with Crippen LogP contribution in [0.5, 0.6) is 0 Å². The van der Waals surface area contributed by atoms with Gasteiger partial charge >= 0.3 is 0 Å². The number of carbonyl (C=O) groups excluding carboxylic acids is 1. The number of para-hydroxylation sites is 1. The first-order chi connectivity index (χ1) is 11.6. The highest BCUT2D eigenvalue weighted by Crippen LogP contribution is 2.27. The molecule has 1 fully saturated rings. The van der Waals surface area contributed by atoms with E-state index in [4.69, 9.17) is 0 Å². The summed E-state index contributed by atoms with van der Waals surface area (Å²) in [5, 5.41) is 0. The Labute approximate surface area is 144 Å². The van der Waals surface area contributed by atoms with Gasteiger partial charge in [-0.1, -0.05) is 42.8 Å². The standard InChI is InChI=1S/C21H26N2O/c1-4-18-9-6-8-17(3)20(18)22-11-13-23(14-12-22)21(24)19-10-5-7-16(2)15-19/h5-10,15H,4,11-14H2,1-3H3. The molecule has 0 radical (unpaired) electrons. The van der Waals surface area contributed by atoms with Crippen LogP contribution < -0.4 is 4.90 Å². The predicted octanol–water partition coefficient (Wildman–Crippen LogP) is 3.83. The monoisotopic (exact) mass is 322 g/mol. The van der Waals surface area contributed by atoms with Crippen molar-refractivity contribution in [1.82, 2.24) is 4.90 Å². The number of hydrogen-bond donors (Lipinski definition) is 0. The lowest BCUT2D eigenvalue weighted by molar-refractivity contribution is 0.0746. The molecule has 0 spiro atoms. The van der Waals surface area contributed by atoms with E-state index in [1.165, 1.54) is 16.8 Å². The molecule has 1 saturated heterocycles. The first kappa shape index (κ1) is 16.6. The molecule has 3 nitrogen and oxygen atoms in total. The molecule has 1 amide bonds. The lowest BCUT2D eigenvalue weighted by Gasteiger charge is -2.37. The van der Waals surface area contributed by atoms with Gasteiger partial charge in [0.25, 0.3) is 5.91 Å². The van der Waals surface area contributed by atoms with Crippen molar-refractivity contribution in [2.24, 2.45) is 0 Å². The summed E-state index contributed by atoms with van der Waals surface area (Å²) >= 11 is 0. The van der Waals surface area contributed by atoms with Crippen LogP contribution >= 0.6 is 0 Å². The van der Waals surface area contributed by atoms with E-state index in [2.05, 4.69) is 36.9 Å². The number of rotatable bonds is 3. The van der Waals surface area contributed by atoms with Gasteiger partial charge in [0.2, 0.25) is 0 Å². The van der Waals surface area contributed by atoms with E-state index < -0.39 is 0 Å². The first-order valence-corrected chi connectivity index (χ1v) is 8.79. The van der Waals surface area contributed by atoms with Crippen molar-refractivity contribution in [3.63, 3.8) is 0 Å². The normalized spacial score (nSPS) is 14.8. The Morgan fingerprint density at radius 1 is 1.00 bits per heavy atom. The second-order valence-electron chi connectivity index (χ2n) is 6.58. The Hall–Kier alpha value is -2.29. The topological polar surface area (TPSA) is 23.6 Å². The quantitative estimate of drug-likeness (QED) is 0.857. The van der Waals surface area contributed by atoms with Gasteiger partial charge in [0.1, 0.15) is 0 Å². The SMILES string of the molecule is CCc1cccc(C)c1N1CCN(C(=O)c2cccc(C)c2)CC1. The molecule has 1 aliphatic rings. The van der Waals surface area contributed by atoms with E-state index >= 15 is 0 Å². The largest absolute Gasteiger partial charge is 0.368 e. The number of hydrogen-bond acceptors (Lipinski definition) is 2. The van der Waals surface area contributed by atoms with Crippen LogP contribution in [0.25, 0.3) is 0 Å². The van der Waals surface area contributed by atoms with E-state index in [9.17, 15) is 4.79 Å². The summed E-state index contributed by atoms with van der Waals surface area (Å²) in [6.07, 6.45) is 1.04. The average Bonchev–Trinajstić information content (AvgIpc) is 2.61. The highest BCUT2D eigenvalue weighted by Gasteiger charge is 2.24. The van der Waals surface area contributed by atoms with Gasteiger partial charge in [0, 0.05) is 37.4 Å². The lowest BCUT2D eigenvalue weighted by Crippen LogP contribution is -2.49. The predicted molar refractivity (Wildman–Crippen MR) is 99.9 cm³/mol. The van der Waals surface area contributed by atoms with Gasteiger partial charge in [0.05, 0.1) is 0 Å². The number of piperazine rings is 1. The third-order valence-electron chi connectivity index (χ3n) is 4.85. The van der Waals surface area contributed by atoms with Crippen LogP contribution in [0.3, 0.4) is 0 Å². The van der Waals surface area contributed by atoms with Crippen molar-refractivity contribution in [3.05, 3.63) is 64.7 Å². The molecule has 1 heterocycles. The Morgan fingerprint density at radius 2 is 1.71 bits per heavy atom. The molecule has 2 aromatic rings. The summed E-state index contributed by atoms with van der Waals surface area (Å²) in [4.78, 5) is 17.1. The number of aryl methyl sites for hydroxylation is 3. The summed E-state index contributed by atoms with van der Waals surface area (Å²) in [6.45, 7) is 9.77. The summed E-state index contributed by atoms with van der Waals surface area (Å²) < 4.78 is 0. The molecule has 1 aliphatic heterocycles. The number of benzene rings is 2. The zero-order chi connectivity index (χ0) is 17.1. The maximum atomic E-state index is 12.7. The fourth-order valence-electron chi connectivity index (χ4n) is 3.55. The summed E-state index contributed by atoms with van der Waals surface area (Å²) in [6, 6.07) is 14.4. The Kier molecular flexibility index (Phi) is 4.89. The van der Waals surface area contributed by atoms with Crippen molar-refractivity contribution in [1.29, 1.82) is 0 Å². The maximum Gasteiger partial charge on any atom is 0.253 e. The van der Waals surface area contributed by atoms with Crippen LogP contribution in [-0.4, -0.2) is 37.0 Å².